The summed E-state index contributed by atoms with van der Waals surface area (Å²) in [6, 6.07) is 18.1. The highest BCUT2D eigenvalue weighted by atomic mass is 16.5. The largest absolute Gasteiger partial charge is 0.489 e. The number of aromatic nitrogens is 1. The van der Waals surface area contributed by atoms with E-state index >= 15 is 0 Å². The van der Waals surface area contributed by atoms with Crippen LogP contribution in [-0.4, -0.2) is 27.8 Å². The molecule has 4 aromatic rings. The van der Waals surface area contributed by atoms with Crippen molar-refractivity contribution < 1.29 is 24.2 Å². The van der Waals surface area contributed by atoms with Crippen LogP contribution in [0.2, 0.25) is 0 Å². The summed E-state index contributed by atoms with van der Waals surface area (Å²) in [6.07, 6.45) is 1.28. The average molecular weight is 418 g/mol. The number of aliphatic carboxylic acids is 1. The van der Waals surface area contributed by atoms with Gasteiger partial charge in [-0.3, -0.25) is 4.79 Å². The van der Waals surface area contributed by atoms with Crippen LogP contribution in [-0.2, 0) is 17.8 Å². The highest BCUT2D eigenvalue weighted by Gasteiger charge is 2.14. The summed E-state index contributed by atoms with van der Waals surface area (Å²) in [4.78, 5) is 15.5. The monoisotopic (exact) mass is 418 g/mol. The lowest BCUT2D eigenvalue weighted by molar-refractivity contribution is -0.136. The van der Waals surface area contributed by atoms with Crippen molar-refractivity contribution in [2.24, 2.45) is 5.73 Å². The number of nitrogens with zero attached hydrogens (tertiary/aromatic N) is 1. The fraction of sp³-hybridized carbons (Fsp3) is 0.167. The summed E-state index contributed by atoms with van der Waals surface area (Å²) in [6.45, 7) is 0.0859. The van der Waals surface area contributed by atoms with E-state index in [-0.39, 0.29) is 19.6 Å². The fourth-order valence-corrected chi connectivity index (χ4v) is 3.48. The molecule has 0 amide bonds. The number of nitrogens with two attached hydrogens (primary N) is 1. The molecule has 0 fully saturated rings. The lowest BCUT2D eigenvalue weighted by Crippen LogP contribution is -2.14. The molecule has 0 spiro atoms. The van der Waals surface area contributed by atoms with Gasteiger partial charge in [0.1, 0.15) is 17.9 Å². The van der Waals surface area contributed by atoms with Gasteiger partial charge < -0.3 is 25.1 Å². The van der Waals surface area contributed by atoms with Gasteiger partial charge in [-0.15, -0.1) is 0 Å². The molecular formula is C24H22N2O5. The molecule has 0 unspecified atom stereocenters. The van der Waals surface area contributed by atoms with Gasteiger partial charge in [-0.1, -0.05) is 36.4 Å². The third kappa shape index (κ3) is 4.58. The van der Waals surface area contributed by atoms with E-state index in [1.54, 1.807) is 18.2 Å². The first kappa shape index (κ1) is 20.6. The van der Waals surface area contributed by atoms with Crippen molar-refractivity contribution in [3.63, 3.8) is 0 Å². The van der Waals surface area contributed by atoms with Crippen LogP contribution in [0.25, 0.3) is 22.2 Å². The van der Waals surface area contributed by atoms with Crippen molar-refractivity contribution in [3.05, 3.63) is 83.7 Å². The summed E-state index contributed by atoms with van der Waals surface area (Å²) in [5.74, 6) is -0.387. The first-order valence-corrected chi connectivity index (χ1v) is 9.80. The standard InChI is InChI=1S/C24H22N2O5/c25-20(12-27)17-6-3-5-16(10-17)19-8-15(9-22-24(19)26-14-31-22)13-30-21-7-2-1-4-18(21)11-23(28)29/h1-10,14,20,27H,11-13,25H2,(H,28,29)/t20-/m1/s1. The van der Waals surface area contributed by atoms with Gasteiger partial charge in [0.15, 0.2) is 12.0 Å². The maximum atomic E-state index is 11.1. The Hall–Kier alpha value is -3.68. The number of ether oxygens (including phenoxy) is 1. The maximum absolute atomic E-state index is 11.1. The zero-order chi connectivity index (χ0) is 21.8. The highest BCUT2D eigenvalue weighted by molar-refractivity contribution is 5.91. The smallest absolute Gasteiger partial charge is 0.307 e. The van der Waals surface area contributed by atoms with Gasteiger partial charge in [-0.05, 0) is 41.0 Å². The molecule has 1 atom stereocenters. The second-order valence-corrected chi connectivity index (χ2v) is 7.22. The van der Waals surface area contributed by atoms with Crippen molar-refractivity contribution in [3.8, 4) is 16.9 Å². The quantitative estimate of drug-likeness (QED) is 0.399. The fourth-order valence-electron chi connectivity index (χ4n) is 3.48. The van der Waals surface area contributed by atoms with Crippen LogP contribution in [0.4, 0.5) is 0 Å². The Morgan fingerprint density at radius 1 is 1.13 bits per heavy atom. The second-order valence-electron chi connectivity index (χ2n) is 7.22. The molecule has 4 N–H and O–H groups in total. The van der Waals surface area contributed by atoms with Gasteiger partial charge >= 0.3 is 5.97 Å². The second kappa shape index (κ2) is 8.99. The van der Waals surface area contributed by atoms with E-state index in [0.29, 0.717) is 22.4 Å². The van der Waals surface area contributed by atoms with E-state index in [9.17, 15) is 9.90 Å². The van der Waals surface area contributed by atoms with Crippen LogP contribution in [0.3, 0.4) is 0 Å². The summed E-state index contributed by atoms with van der Waals surface area (Å²) >= 11 is 0. The first-order chi connectivity index (χ1) is 15.0. The van der Waals surface area contributed by atoms with Gasteiger partial charge in [-0.2, -0.15) is 0 Å². The number of para-hydroxylation sites is 1. The minimum atomic E-state index is -0.914. The highest BCUT2D eigenvalue weighted by Crippen LogP contribution is 2.31. The normalized spacial score (nSPS) is 12.1. The number of fused-ring (bicyclic) bond motifs is 1. The van der Waals surface area contributed by atoms with Crippen LogP contribution in [0.15, 0.2) is 71.5 Å². The Morgan fingerprint density at radius 3 is 2.77 bits per heavy atom. The molecule has 3 aromatic carbocycles. The average Bonchev–Trinajstić information content (AvgIpc) is 3.26. The molecule has 0 saturated heterocycles. The lowest BCUT2D eigenvalue weighted by Gasteiger charge is -2.13. The van der Waals surface area contributed by atoms with Gasteiger partial charge in [0.2, 0.25) is 0 Å². The van der Waals surface area contributed by atoms with E-state index in [4.69, 9.17) is 20.0 Å². The van der Waals surface area contributed by atoms with Crippen molar-refractivity contribution in [1.82, 2.24) is 4.98 Å². The van der Waals surface area contributed by atoms with Gasteiger partial charge in [0, 0.05) is 11.1 Å². The number of carboxylic acid groups (broad SMARTS) is 1. The van der Waals surface area contributed by atoms with Crippen LogP contribution in [0, 0.1) is 0 Å². The number of benzene rings is 3. The first-order valence-electron chi connectivity index (χ1n) is 9.80. The molecule has 4 rings (SSSR count). The number of carboxylic acids is 1. The number of aliphatic hydroxyl groups is 1. The lowest BCUT2D eigenvalue weighted by atomic mass is 9.97. The molecular weight excluding hydrogens is 396 g/mol. The van der Waals surface area contributed by atoms with Crippen LogP contribution in [0.1, 0.15) is 22.7 Å². The molecule has 7 heteroatoms. The molecule has 0 aliphatic rings. The third-order valence-electron chi connectivity index (χ3n) is 5.03. The predicted octanol–water partition coefficient (Wildman–Crippen LogP) is 3.69. The number of hydrogen-bond donors (Lipinski definition) is 3. The number of aliphatic hydroxyl groups excluding tert-OH is 1. The third-order valence-corrected chi connectivity index (χ3v) is 5.03. The molecule has 0 radical (unpaired) electrons. The van der Waals surface area contributed by atoms with E-state index < -0.39 is 12.0 Å². The number of oxazole rings is 1. The van der Waals surface area contributed by atoms with E-state index in [1.165, 1.54) is 6.39 Å². The van der Waals surface area contributed by atoms with Crippen molar-refractivity contribution in [1.29, 1.82) is 0 Å². The topological polar surface area (TPSA) is 119 Å². The Kier molecular flexibility index (Phi) is 5.97. The molecule has 31 heavy (non-hydrogen) atoms. The Balaban J connectivity index is 1.67. The van der Waals surface area contributed by atoms with Crippen LogP contribution < -0.4 is 10.5 Å². The van der Waals surface area contributed by atoms with E-state index in [1.807, 2.05) is 42.5 Å². The summed E-state index contributed by atoms with van der Waals surface area (Å²) in [5.41, 5.74) is 11.3. The zero-order valence-corrected chi connectivity index (χ0v) is 16.7. The van der Waals surface area contributed by atoms with Gasteiger partial charge in [0.05, 0.1) is 19.1 Å². The molecule has 1 aromatic heterocycles. The minimum Gasteiger partial charge on any atom is -0.489 e. The molecule has 1 heterocycles. The summed E-state index contributed by atoms with van der Waals surface area (Å²) in [5, 5.41) is 18.5. The van der Waals surface area contributed by atoms with Crippen molar-refractivity contribution in [2.75, 3.05) is 6.61 Å². The zero-order valence-electron chi connectivity index (χ0n) is 16.7. The molecule has 0 aliphatic carbocycles. The summed E-state index contributed by atoms with van der Waals surface area (Å²) < 4.78 is 11.5. The van der Waals surface area contributed by atoms with Crippen LogP contribution >= 0.6 is 0 Å². The van der Waals surface area contributed by atoms with Crippen molar-refractivity contribution >= 4 is 17.1 Å². The number of carbonyl (C=O) groups is 1. The molecule has 158 valence electrons. The molecule has 0 aliphatic heterocycles. The minimum absolute atomic E-state index is 0.111. The molecule has 0 saturated carbocycles. The van der Waals surface area contributed by atoms with Crippen molar-refractivity contribution in [2.45, 2.75) is 19.1 Å². The maximum Gasteiger partial charge on any atom is 0.307 e. The predicted molar refractivity (Wildman–Crippen MR) is 116 cm³/mol. The molecule has 0 bridgehead atoms. The number of rotatable bonds is 8. The van der Waals surface area contributed by atoms with E-state index in [2.05, 4.69) is 4.98 Å². The Labute approximate surface area is 178 Å². The summed E-state index contributed by atoms with van der Waals surface area (Å²) in [7, 11) is 0. The van der Waals surface area contributed by atoms with Crippen LogP contribution in [0.5, 0.6) is 5.75 Å². The molecule has 7 nitrogen and oxygen atoms in total. The Morgan fingerprint density at radius 2 is 1.97 bits per heavy atom. The number of hydrogen-bond acceptors (Lipinski definition) is 6. The van der Waals surface area contributed by atoms with Gasteiger partial charge in [-0.25, -0.2) is 4.98 Å². The van der Waals surface area contributed by atoms with Gasteiger partial charge in [0.25, 0.3) is 0 Å². The van der Waals surface area contributed by atoms with E-state index in [0.717, 1.165) is 22.3 Å². The Bertz CT molecular complexity index is 1220. The SMILES string of the molecule is N[C@H](CO)c1cccc(-c2cc(COc3ccccc3CC(=O)O)cc3ocnc23)c1.